The molecule has 90 valence electrons. The number of hydrogen-bond donors (Lipinski definition) is 1. The molecular formula is C11H11F2N3O. The fourth-order valence-electron chi connectivity index (χ4n) is 1.38. The topological polar surface area (TPSA) is 51.0 Å². The minimum absolute atomic E-state index is 0.120. The van der Waals surface area contributed by atoms with Gasteiger partial charge in [-0.15, -0.1) is 10.2 Å². The molecule has 0 saturated carbocycles. The van der Waals surface area contributed by atoms with Gasteiger partial charge in [0.1, 0.15) is 11.6 Å². The van der Waals surface area contributed by atoms with Crippen LogP contribution in [-0.4, -0.2) is 23.8 Å². The smallest absolute Gasteiger partial charge is 0.247 e. The van der Waals surface area contributed by atoms with Crippen molar-refractivity contribution in [2.75, 3.05) is 13.6 Å². The van der Waals surface area contributed by atoms with Gasteiger partial charge in [0, 0.05) is 24.6 Å². The van der Waals surface area contributed by atoms with E-state index in [1.54, 1.807) is 7.05 Å². The van der Waals surface area contributed by atoms with Crippen molar-refractivity contribution in [3.63, 3.8) is 0 Å². The highest BCUT2D eigenvalue weighted by molar-refractivity contribution is 5.52. The standard InChI is InChI=1S/C11H11F2N3O/c1-14-3-2-10-15-16-11(17-10)7-4-8(12)6-9(13)5-7/h4-6,14H,2-3H2,1H3. The quantitative estimate of drug-likeness (QED) is 0.883. The molecule has 1 heterocycles. The number of rotatable bonds is 4. The molecule has 2 aromatic rings. The molecule has 0 radical (unpaired) electrons. The van der Waals surface area contributed by atoms with E-state index in [1.165, 1.54) is 0 Å². The van der Waals surface area contributed by atoms with Crippen molar-refractivity contribution < 1.29 is 13.2 Å². The van der Waals surface area contributed by atoms with Gasteiger partial charge in [0.05, 0.1) is 0 Å². The number of benzene rings is 1. The molecule has 0 saturated heterocycles. The summed E-state index contributed by atoms with van der Waals surface area (Å²) in [6.07, 6.45) is 0.571. The largest absolute Gasteiger partial charge is 0.421 e. The Morgan fingerprint density at radius 3 is 2.53 bits per heavy atom. The number of likely N-dealkylation sites (N-methyl/N-ethyl adjacent to an activating group) is 1. The van der Waals surface area contributed by atoms with E-state index in [2.05, 4.69) is 15.5 Å². The number of aromatic nitrogens is 2. The minimum atomic E-state index is -0.671. The van der Waals surface area contributed by atoms with Crippen LogP contribution in [0.25, 0.3) is 11.5 Å². The SMILES string of the molecule is CNCCc1nnc(-c2cc(F)cc(F)c2)o1. The van der Waals surface area contributed by atoms with E-state index in [4.69, 9.17) is 4.42 Å². The molecule has 0 bridgehead atoms. The van der Waals surface area contributed by atoms with E-state index in [0.717, 1.165) is 18.2 Å². The summed E-state index contributed by atoms with van der Waals surface area (Å²) in [7, 11) is 1.80. The first kappa shape index (κ1) is 11.7. The molecule has 17 heavy (non-hydrogen) atoms. The van der Waals surface area contributed by atoms with Crippen LogP contribution in [0, 0.1) is 11.6 Å². The first-order valence-corrected chi connectivity index (χ1v) is 5.12. The van der Waals surface area contributed by atoms with Crippen LogP contribution in [0.3, 0.4) is 0 Å². The lowest BCUT2D eigenvalue weighted by Crippen LogP contribution is -2.10. The second kappa shape index (κ2) is 5.01. The van der Waals surface area contributed by atoms with Gasteiger partial charge < -0.3 is 9.73 Å². The number of hydrogen-bond acceptors (Lipinski definition) is 4. The molecule has 6 heteroatoms. The minimum Gasteiger partial charge on any atom is -0.421 e. The molecule has 1 aromatic heterocycles. The fraction of sp³-hybridized carbons (Fsp3) is 0.273. The molecule has 0 aliphatic rings. The average Bonchev–Trinajstić information content (AvgIpc) is 2.73. The Labute approximate surface area is 96.7 Å². The van der Waals surface area contributed by atoms with Crippen LogP contribution < -0.4 is 5.32 Å². The average molecular weight is 239 g/mol. The molecule has 1 aromatic carbocycles. The molecular weight excluding hydrogens is 228 g/mol. The van der Waals surface area contributed by atoms with E-state index in [-0.39, 0.29) is 11.5 Å². The maximum absolute atomic E-state index is 13.0. The molecule has 0 unspecified atom stereocenters. The molecule has 0 aliphatic heterocycles. The number of halogens is 2. The Morgan fingerprint density at radius 1 is 1.18 bits per heavy atom. The highest BCUT2D eigenvalue weighted by atomic mass is 19.1. The molecule has 0 spiro atoms. The van der Waals surface area contributed by atoms with E-state index in [0.29, 0.717) is 18.9 Å². The normalized spacial score (nSPS) is 10.8. The monoisotopic (exact) mass is 239 g/mol. The van der Waals surface area contributed by atoms with Crippen molar-refractivity contribution in [2.24, 2.45) is 0 Å². The summed E-state index contributed by atoms with van der Waals surface area (Å²) in [4.78, 5) is 0. The van der Waals surface area contributed by atoms with Crippen LogP contribution in [0.2, 0.25) is 0 Å². The van der Waals surface area contributed by atoms with E-state index < -0.39 is 11.6 Å². The van der Waals surface area contributed by atoms with Gasteiger partial charge in [0.15, 0.2) is 0 Å². The van der Waals surface area contributed by atoms with Crippen molar-refractivity contribution in [3.8, 4) is 11.5 Å². The maximum atomic E-state index is 13.0. The summed E-state index contributed by atoms with van der Waals surface area (Å²) in [6, 6.07) is 3.10. The van der Waals surface area contributed by atoms with Crippen LogP contribution in [0.5, 0.6) is 0 Å². The van der Waals surface area contributed by atoms with Gasteiger partial charge in [-0.2, -0.15) is 0 Å². The van der Waals surface area contributed by atoms with Gasteiger partial charge in [0.2, 0.25) is 11.8 Å². The summed E-state index contributed by atoms with van der Waals surface area (Å²) in [5.74, 6) is -0.793. The maximum Gasteiger partial charge on any atom is 0.247 e. The molecule has 2 rings (SSSR count). The lowest BCUT2D eigenvalue weighted by Gasteiger charge is -1.96. The van der Waals surface area contributed by atoms with Crippen LogP contribution in [-0.2, 0) is 6.42 Å². The van der Waals surface area contributed by atoms with Crippen LogP contribution in [0.15, 0.2) is 22.6 Å². The Balaban J connectivity index is 2.24. The Morgan fingerprint density at radius 2 is 1.88 bits per heavy atom. The fourth-order valence-corrected chi connectivity index (χ4v) is 1.38. The van der Waals surface area contributed by atoms with Gasteiger partial charge in [-0.05, 0) is 19.2 Å². The first-order chi connectivity index (χ1) is 8.19. The molecule has 0 atom stereocenters. The highest BCUT2D eigenvalue weighted by Crippen LogP contribution is 2.20. The van der Waals surface area contributed by atoms with Gasteiger partial charge in [0.25, 0.3) is 0 Å². The summed E-state index contributed by atoms with van der Waals surface area (Å²) in [5.41, 5.74) is 0.241. The molecule has 0 amide bonds. The van der Waals surface area contributed by atoms with E-state index in [1.807, 2.05) is 0 Å². The predicted molar refractivity (Wildman–Crippen MR) is 57.3 cm³/mol. The van der Waals surface area contributed by atoms with Gasteiger partial charge in [-0.3, -0.25) is 0 Å². The van der Waals surface area contributed by atoms with Crippen molar-refractivity contribution in [3.05, 3.63) is 35.7 Å². The zero-order valence-corrected chi connectivity index (χ0v) is 9.20. The molecule has 0 fully saturated rings. The Bertz CT molecular complexity index is 493. The van der Waals surface area contributed by atoms with Gasteiger partial charge in [-0.1, -0.05) is 0 Å². The zero-order chi connectivity index (χ0) is 12.3. The Kier molecular flexibility index (Phi) is 3.43. The van der Waals surface area contributed by atoms with E-state index >= 15 is 0 Å². The second-order valence-corrected chi connectivity index (χ2v) is 3.51. The van der Waals surface area contributed by atoms with Crippen molar-refractivity contribution >= 4 is 0 Å². The molecule has 0 aliphatic carbocycles. The van der Waals surface area contributed by atoms with Crippen molar-refractivity contribution in [2.45, 2.75) is 6.42 Å². The first-order valence-electron chi connectivity index (χ1n) is 5.12. The summed E-state index contributed by atoms with van der Waals surface area (Å²) in [5, 5.41) is 10.5. The van der Waals surface area contributed by atoms with Gasteiger partial charge in [-0.25, -0.2) is 8.78 Å². The predicted octanol–water partition coefficient (Wildman–Crippen LogP) is 1.78. The number of nitrogens with zero attached hydrogens (tertiary/aromatic N) is 2. The van der Waals surface area contributed by atoms with Crippen LogP contribution >= 0.6 is 0 Å². The lowest BCUT2D eigenvalue weighted by atomic mass is 10.2. The van der Waals surface area contributed by atoms with Crippen LogP contribution in [0.4, 0.5) is 8.78 Å². The molecule has 1 N–H and O–H groups in total. The second-order valence-electron chi connectivity index (χ2n) is 3.51. The third-order valence-corrected chi connectivity index (χ3v) is 2.17. The summed E-state index contributed by atoms with van der Waals surface area (Å²) in [6.45, 7) is 0.694. The van der Waals surface area contributed by atoms with Gasteiger partial charge >= 0.3 is 0 Å². The van der Waals surface area contributed by atoms with Crippen molar-refractivity contribution in [1.29, 1.82) is 0 Å². The summed E-state index contributed by atoms with van der Waals surface area (Å²) < 4.78 is 31.3. The van der Waals surface area contributed by atoms with Crippen molar-refractivity contribution in [1.82, 2.24) is 15.5 Å². The van der Waals surface area contributed by atoms with E-state index in [9.17, 15) is 8.78 Å². The Hall–Kier alpha value is -1.82. The third-order valence-electron chi connectivity index (χ3n) is 2.17. The third kappa shape index (κ3) is 2.85. The number of nitrogens with one attached hydrogen (secondary N) is 1. The van der Waals surface area contributed by atoms with Crippen LogP contribution in [0.1, 0.15) is 5.89 Å². The lowest BCUT2D eigenvalue weighted by molar-refractivity contribution is 0.498. The zero-order valence-electron chi connectivity index (χ0n) is 9.20. The molecule has 4 nitrogen and oxygen atoms in total. The highest BCUT2D eigenvalue weighted by Gasteiger charge is 2.10. The summed E-state index contributed by atoms with van der Waals surface area (Å²) >= 11 is 0.